The molecule has 1 saturated heterocycles. The molecule has 3 aromatic heterocycles. The van der Waals surface area contributed by atoms with E-state index in [1.807, 2.05) is 6.92 Å². The van der Waals surface area contributed by atoms with Crippen molar-refractivity contribution in [3.05, 3.63) is 64.1 Å². The number of hydrogen-bond acceptors (Lipinski definition) is 10. The molecule has 1 aliphatic heterocycles. The largest absolute Gasteiger partial charge is 0.379 e. The van der Waals surface area contributed by atoms with Crippen LogP contribution in [-0.4, -0.2) is 56.9 Å². The molecule has 0 unspecified atom stereocenters. The van der Waals surface area contributed by atoms with Crippen molar-refractivity contribution in [2.45, 2.75) is 62.9 Å². The summed E-state index contributed by atoms with van der Waals surface area (Å²) in [7, 11) is -3.28. The molecule has 0 spiro atoms. The molecule has 6 rings (SSSR count). The zero-order valence-corrected chi connectivity index (χ0v) is 23.3. The summed E-state index contributed by atoms with van der Waals surface area (Å²) in [6, 6.07) is 6.46. The van der Waals surface area contributed by atoms with Crippen LogP contribution in [0.2, 0.25) is 0 Å². The Hall–Kier alpha value is -3.77. The van der Waals surface area contributed by atoms with Crippen LogP contribution in [0.25, 0.3) is 22.6 Å². The first-order valence-electron chi connectivity index (χ1n) is 13.7. The first-order valence-corrected chi connectivity index (χ1v) is 15.3. The fraction of sp³-hybridized carbons (Fsp3) is 0.429. The standard InChI is InChI=1S/C28H31N7O4S/c1-3-21-23(24(18-7-8-18)32-16-31-21)25-30-14-22-27(34-25)35(19-11-12-39-15-19)28(36)26(33-22)29-13-17-5-9-20(10-6-17)40(37,38)4-2/h5-6,9-10,14,16,18-19H,3-4,7-8,11-13,15H2,1-2H3,(H,29,33)/t19-/m0/s1. The first-order chi connectivity index (χ1) is 19.4. The molecule has 40 heavy (non-hydrogen) atoms. The smallest absolute Gasteiger partial charge is 0.295 e. The number of nitrogens with zero attached hydrogens (tertiary/aromatic N) is 6. The maximum atomic E-state index is 13.8. The van der Waals surface area contributed by atoms with Gasteiger partial charge in [-0.15, -0.1) is 0 Å². The molecule has 1 aliphatic carbocycles. The third-order valence-corrected chi connectivity index (χ3v) is 9.25. The zero-order valence-electron chi connectivity index (χ0n) is 22.5. The fourth-order valence-electron chi connectivity index (χ4n) is 5.08. The minimum atomic E-state index is -3.28. The second-order valence-corrected chi connectivity index (χ2v) is 12.4. The summed E-state index contributed by atoms with van der Waals surface area (Å²) in [6.07, 6.45) is 6.83. The van der Waals surface area contributed by atoms with E-state index in [2.05, 4.69) is 25.3 Å². The molecule has 1 aromatic carbocycles. The summed E-state index contributed by atoms with van der Waals surface area (Å²) in [5.74, 6) is 1.10. The van der Waals surface area contributed by atoms with Crippen molar-refractivity contribution in [3.8, 4) is 11.4 Å². The van der Waals surface area contributed by atoms with Crippen LogP contribution in [0.3, 0.4) is 0 Å². The molecule has 0 amide bonds. The van der Waals surface area contributed by atoms with E-state index in [0.717, 1.165) is 35.4 Å². The van der Waals surface area contributed by atoms with Gasteiger partial charge < -0.3 is 10.1 Å². The van der Waals surface area contributed by atoms with Crippen LogP contribution in [0.1, 0.15) is 62.0 Å². The van der Waals surface area contributed by atoms with Gasteiger partial charge in [0.2, 0.25) is 0 Å². The molecule has 0 radical (unpaired) electrons. The molecule has 4 aromatic rings. The van der Waals surface area contributed by atoms with Gasteiger partial charge in [0.05, 0.1) is 46.4 Å². The molecular formula is C28H31N7O4S. The van der Waals surface area contributed by atoms with Crippen LogP contribution in [0.4, 0.5) is 5.82 Å². The topological polar surface area (TPSA) is 142 Å². The lowest BCUT2D eigenvalue weighted by molar-refractivity contribution is 0.186. The highest BCUT2D eigenvalue weighted by atomic mass is 32.2. The maximum absolute atomic E-state index is 13.8. The van der Waals surface area contributed by atoms with Crippen LogP contribution >= 0.6 is 0 Å². The van der Waals surface area contributed by atoms with Gasteiger partial charge in [-0.3, -0.25) is 9.36 Å². The van der Waals surface area contributed by atoms with E-state index >= 15 is 0 Å². The second-order valence-electron chi connectivity index (χ2n) is 10.2. The van der Waals surface area contributed by atoms with Gasteiger partial charge in [-0.05, 0) is 43.4 Å². The number of sulfone groups is 1. The molecule has 1 N–H and O–H groups in total. The number of rotatable bonds is 9. The highest BCUT2D eigenvalue weighted by Gasteiger charge is 2.31. The number of aryl methyl sites for hydroxylation is 1. The average molecular weight is 562 g/mol. The molecule has 1 saturated carbocycles. The van der Waals surface area contributed by atoms with Crippen molar-refractivity contribution < 1.29 is 13.2 Å². The van der Waals surface area contributed by atoms with Crippen molar-refractivity contribution in [1.29, 1.82) is 0 Å². The molecule has 0 bridgehead atoms. The Bertz CT molecular complexity index is 1730. The normalized spacial score (nSPS) is 17.4. The molecule has 208 valence electrons. The molecule has 11 nitrogen and oxygen atoms in total. The van der Waals surface area contributed by atoms with Crippen molar-refractivity contribution in [2.75, 3.05) is 24.3 Å². The van der Waals surface area contributed by atoms with Crippen LogP contribution < -0.4 is 10.9 Å². The predicted octanol–water partition coefficient (Wildman–Crippen LogP) is 3.45. The lowest BCUT2D eigenvalue weighted by atomic mass is 10.1. The van der Waals surface area contributed by atoms with Gasteiger partial charge in [0.15, 0.2) is 27.1 Å². The number of nitrogens with one attached hydrogen (secondary N) is 1. The molecule has 1 atom stereocenters. The van der Waals surface area contributed by atoms with Crippen LogP contribution in [0.15, 0.2) is 46.5 Å². The fourth-order valence-corrected chi connectivity index (χ4v) is 5.97. The predicted molar refractivity (Wildman–Crippen MR) is 150 cm³/mol. The van der Waals surface area contributed by atoms with Crippen molar-refractivity contribution in [3.63, 3.8) is 0 Å². The highest BCUT2D eigenvalue weighted by molar-refractivity contribution is 7.91. The van der Waals surface area contributed by atoms with E-state index in [-0.39, 0.29) is 28.1 Å². The van der Waals surface area contributed by atoms with Gasteiger partial charge >= 0.3 is 0 Å². The third kappa shape index (κ3) is 4.97. The third-order valence-electron chi connectivity index (χ3n) is 7.50. The average Bonchev–Trinajstić information content (AvgIpc) is 3.69. The van der Waals surface area contributed by atoms with Crippen LogP contribution in [-0.2, 0) is 27.5 Å². The van der Waals surface area contributed by atoms with E-state index in [0.29, 0.717) is 55.5 Å². The Balaban J connectivity index is 1.39. The number of anilines is 1. The second kappa shape index (κ2) is 10.7. The Morgan fingerprint density at radius 2 is 1.85 bits per heavy atom. The zero-order chi connectivity index (χ0) is 27.9. The van der Waals surface area contributed by atoms with E-state index in [1.54, 1.807) is 48.3 Å². The number of benzene rings is 1. The monoisotopic (exact) mass is 561 g/mol. The van der Waals surface area contributed by atoms with Gasteiger partial charge in [0, 0.05) is 19.1 Å². The summed E-state index contributed by atoms with van der Waals surface area (Å²) < 4.78 is 31.6. The van der Waals surface area contributed by atoms with E-state index in [1.165, 1.54) is 0 Å². The van der Waals surface area contributed by atoms with Gasteiger partial charge in [0.1, 0.15) is 11.8 Å². The Morgan fingerprint density at radius 1 is 1.05 bits per heavy atom. The summed E-state index contributed by atoms with van der Waals surface area (Å²) in [6.45, 7) is 4.93. The van der Waals surface area contributed by atoms with Crippen molar-refractivity contribution >= 4 is 26.8 Å². The van der Waals surface area contributed by atoms with E-state index in [9.17, 15) is 13.2 Å². The lowest BCUT2D eigenvalue weighted by Gasteiger charge is -2.18. The Labute approximate surface area is 232 Å². The Morgan fingerprint density at radius 3 is 2.52 bits per heavy atom. The molecule has 12 heteroatoms. The van der Waals surface area contributed by atoms with Crippen LogP contribution in [0, 0.1) is 0 Å². The highest BCUT2D eigenvalue weighted by Crippen LogP contribution is 2.43. The minimum absolute atomic E-state index is 0.0404. The number of fused-ring (bicyclic) bond motifs is 1. The number of ether oxygens (including phenoxy) is 1. The van der Waals surface area contributed by atoms with Gasteiger partial charge in [-0.25, -0.2) is 33.3 Å². The minimum Gasteiger partial charge on any atom is -0.379 e. The quantitative estimate of drug-likeness (QED) is 0.323. The SMILES string of the molecule is CCc1ncnc(C2CC2)c1-c1ncc2nc(NCc3ccc(S(=O)(=O)CC)cc3)c(=O)n([C@H]3CCOC3)c2n1. The number of hydrogen-bond donors (Lipinski definition) is 1. The summed E-state index contributed by atoms with van der Waals surface area (Å²) in [4.78, 5) is 37.3. The van der Waals surface area contributed by atoms with Gasteiger partial charge in [0.25, 0.3) is 5.56 Å². The summed E-state index contributed by atoms with van der Waals surface area (Å²) >= 11 is 0. The van der Waals surface area contributed by atoms with Crippen molar-refractivity contribution in [1.82, 2.24) is 29.5 Å². The first kappa shape index (κ1) is 26.5. The maximum Gasteiger partial charge on any atom is 0.295 e. The summed E-state index contributed by atoms with van der Waals surface area (Å²) in [5.41, 5.74) is 4.18. The van der Waals surface area contributed by atoms with Gasteiger partial charge in [-0.1, -0.05) is 26.0 Å². The molecule has 2 fully saturated rings. The van der Waals surface area contributed by atoms with Crippen molar-refractivity contribution in [2.24, 2.45) is 0 Å². The van der Waals surface area contributed by atoms with Crippen LogP contribution in [0.5, 0.6) is 0 Å². The molecule has 4 heterocycles. The number of aromatic nitrogens is 6. The lowest BCUT2D eigenvalue weighted by Crippen LogP contribution is -2.30. The van der Waals surface area contributed by atoms with E-state index in [4.69, 9.17) is 9.72 Å². The summed E-state index contributed by atoms with van der Waals surface area (Å²) in [5, 5.41) is 3.14. The molecule has 2 aliphatic rings. The van der Waals surface area contributed by atoms with Gasteiger partial charge in [-0.2, -0.15) is 0 Å². The van der Waals surface area contributed by atoms with E-state index < -0.39 is 9.84 Å². The molecular weight excluding hydrogens is 530 g/mol. The Kier molecular flexibility index (Phi) is 7.05.